The lowest BCUT2D eigenvalue weighted by Crippen LogP contribution is -2.12. The van der Waals surface area contributed by atoms with Crippen molar-refractivity contribution in [2.75, 3.05) is 4.72 Å². The van der Waals surface area contributed by atoms with Gasteiger partial charge in [0.2, 0.25) is 0 Å². The molecule has 0 saturated carbocycles. The van der Waals surface area contributed by atoms with Gasteiger partial charge in [0.05, 0.1) is 10.6 Å². The zero-order chi connectivity index (χ0) is 12.6. The number of thiazole rings is 1. The highest BCUT2D eigenvalue weighted by Crippen LogP contribution is 2.31. The van der Waals surface area contributed by atoms with E-state index in [2.05, 4.69) is 9.71 Å². The van der Waals surface area contributed by atoms with Crippen molar-refractivity contribution in [3.05, 3.63) is 40.9 Å². The molecule has 18 heavy (non-hydrogen) atoms. The SMILES string of the molecule is O=S(=O)(Nc1nc2c(s1)CCC2)c1ccccc1. The van der Waals surface area contributed by atoms with Crippen molar-refractivity contribution in [1.29, 1.82) is 0 Å². The topological polar surface area (TPSA) is 59.1 Å². The molecule has 0 spiro atoms. The van der Waals surface area contributed by atoms with Crippen LogP contribution in [0.3, 0.4) is 0 Å². The second-order valence-corrected chi connectivity index (χ2v) is 6.93. The Hall–Kier alpha value is -1.40. The maximum Gasteiger partial charge on any atom is 0.263 e. The number of nitrogens with one attached hydrogen (secondary N) is 1. The van der Waals surface area contributed by atoms with Gasteiger partial charge in [0, 0.05) is 4.88 Å². The van der Waals surface area contributed by atoms with Crippen molar-refractivity contribution in [3.63, 3.8) is 0 Å². The first-order valence-electron chi connectivity index (χ1n) is 5.71. The second kappa shape index (κ2) is 4.37. The maximum absolute atomic E-state index is 12.1. The van der Waals surface area contributed by atoms with E-state index in [1.165, 1.54) is 16.2 Å². The van der Waals surface area contributed by atoms with Gasteiger partial charge in [-0.2, -0.15) is 0 Å². The molecule has 1 heterocycles. The minimum Gasteiger partial charge on any atom is -0.255 e. The van der Waals surface area contributed by atoms with E-state index >= 15 is 0 Å². The molecule has 0 saturated heterocycles. The summed E-state index contributed by atoms with van der Waals surface area (Å²) in [5.41, 5.74) is 1.05. The Bertz CT molecular complexity index is 641. The fraction of sp³-hybridized carbons (Fsp3) is 0.250. The number of anilines is 1. The molecule has 0 unspecified atom stereocenters. The van der Waals surface area contributed by atoms with Crippen LogP contribution < -0.4 is 4.72 Å². The van der Waals surface area contributed by atoms with Crippen molar-refractivity contribution in [1.82, 2.24) is 4.98 Å². The van der Waals surface area contributed by atoms with Gasteiger partial charge in [-0.25, -0.2) is 13.4 Å². The monoisotopic (exact) mass is 280 g/mol. The highest BCUT2D eigenvalue weighted by Gasteiger charge is 2.20. The number of sulfonamides is 1. The predicted molar refractivity (Wildman–Crippen MR) is 71.4 cm³/mol. The van der Waals surface area contributed by atoms with Crippen LogP contribution in [-0.4, -0.2) is 13.4 Å². The summed E-state index contributed by atoms with van der Waals surface area (Å²) >= 11 is 1.44. The van der Waals surface area contributed by atoms with Gasteiger partial charge < -0.3 is 0 Å². The average molecular weight is 280 g/mol. The molecule has 1 aromatic heterocycles. The maximum atomic E-state index is 12.1. The first kappa shape index (κ1) is 11.7. The molecule has 1 aliphatic carbocycles. The Balaban J connectivity index is 1.88. The van der Waals surface area contributed by atoms with Crippen LogP contribution in [0.2, 0.25) is 0 Å². The number of nitrogens with zero attached hydrogens (tertiary/aromatic N) is 1. The summed E-state index contributed by atoms with van der Waals surface area (Å²) in [5.74, 6) is 0. The number of hydrogen-bond donors (Lipinski definition) is 1. The van der Waals surface area contributed by atoms with Crippen molar-refractivity contribution >= 4 is 26.5 Å². The second-order valence-electron chi connectivity index (χ2n) is 4.16. The fourth-order valence-corrected chi connectivity index (χ4v) is 4.31. The first-order chi connectivity index (χ1) is 8.65. The molecular formula is C12H12N2O2S2. The van der Waals surface area contributed by atoms with Crippen LogP contribution >= 0.6 is 11.3 Å². The number of aryl methyl sites for hydroxylation is 2. The normalized spacial score (nSPS) is 14.4. The van der Waals surface area contributed by atoms with Gasteiger partial charge in [0.15, 0.2) is 5.13 Å². The summed E-state index contributed by atoms with van der Waals surface area (Å²) in [4.78, 5) is 5.80. The minimum absolute atomic E-state index is 0.264. The molecule has 0 radical (unpaired) electrons. The number of benzene rings is 1. The minimum atomic E-state index is -3.50. The van der Waals surface area contributed by atoms with E-state index in [4.69, 9.17) is 0 Å². The van der Waals surface area contributed by atoms with E-state index in [9.17, 15) is 8.42 Å². The van der Waals surface area contributed by atoms with Gasteiger partial charge >= 0.3 is 0 Å². The molecule has 1 N–H and O–H groups in total. The van der Waals surface area contributed by atoms with Crippen LogP contribution in [0.5, 0.6) is 0 Å². The molecule has 94 valence electrons. The van der Waals surface area contributed by atoms with E-state index in [-0.39, 0.29) is 4.90 Å². The van der Waals surface area contributed by atoms with Gasteiger partial charge in [0.1, 0.15) is 0 Å². The molecule has 0 fully saturated rings. The molecule has 0 aliphatic heterocycles. The molecule has 3 rings (SSSR count). The van der Waals surface area contributed by atoms with Crippen LogP contribution in [0.4, 0.5) is 5.13 Å². The first-order valence-corrected chi connectivity index (χ1v) is 8.01. The third-order valence-corrected chi connectivity index (χ3v) is 5.43. The molecule has 0 amide bonds. The van der Waals surface area contributed by atoms with Gasteiger partial charge in [-0.15, -0.1) is 11.3 Å². The Morgan fingerprint density at radius 2 is 1.94 bits per heavy atom. The van der Waals surface area contributed by atoms with Crippen molar-refractivity contribution in [3.8, 4) is 0 Å². The third-order valence-electron chi connectivity index (χ3n) is 2.87. The van der Waals surface area contributed by atoms with Gasteiger partial charge in [0.25, 0.3) is 10.0 Å². The van der Waals surface area contributed by atoms with Crippen LogP contribution in [0.25, 0.3) is 0 Å². The summed E-state index contributed by atoms with van der Waals surface area (Å²) < 4.78 is 26.7. The standard InChI is InChI=1S/C12H12N2O2S2/c15-18(16,9-5-2-1-3-6-9)14-12-13-10-7-4-8-11(10)17-12/h1-3,5-6H,4,7-8H2,(H,13,14). The summed E-state index contributed by atoms with van der Waals surface area (Å²) in [7, 11) is -3.50. The third kappa shape index (κ3) is 2.13. The highest BCUT2D eigenvalue weighted by atomic mass is 32.2. The van der Waals surface area contributed by atoms with Crippen molar-refractivity contribution in [2.45, 2.75) is 24.2 Å². The Kier molecular flexibility index (Phi) is 2.83. The number of rotatable bonds is 3. The van der Waals surface area contributed by atoms with Crippen LogP contribution in [-0.2, 0) is 22.9 Å². The lowest BCUT2D eigenvalue weighted by Gasteiger charge is -2.04. The summed E-state index contributed by atoms with van der Waals surface area (Å²) in [6.07, 6.45) is 3.10. The zero-order valence-electron chi connectivity index (χ0n) is 9.59. The van der Waals surface area contributed by atoms with Gasteiger partial charge in [-0.3, -0.25) is 4.72 Å². The summed E-state index contributed by atoms with van der Waals surface area (Å²) in [6.45, 7) is 0. The molecule has 4 nitrogen and oxygen atoms in total. The molecule has 1 aliphatic rings. The van der Waals surface area contributed by atoms with E-state index in [1.807, 2.05) is 0 Å². The van der Waals surface area contributed by atoms with Crippen LogP contribution in [0.1, 0.15) is 17.0 Å². The predicted octanol–water partition coefficient (Wildman–Crippen LogP) is 2.43. The van der Waals surface area contributed by atoms with E-state index in [1.54, 1.807) is 30.3 Å². The quantitative estimate of drug-likeness (QED) is 0.939. The van der Waals surface area contributed by atoms with Crippen LogP contribution in [0, 0.1) is 0 Å². The fourth-order valence-electron chi connectivity index (χ4n) is 2.01. The number of aromatic nitrogens is 1. The number of hydrogen-bond acceptors (Lipinski definition) is 4. The molecule has 2 aromatic rings. The van der Waals surface area contributed by atoms with Crippen molar-refractivity contribution in [2.24, 2.45) is 0 Å². The Labute approximate surface area is 110 Å². The lowest BCUT2D eigenvalue weighted by atomic mass is 10.4. The molecular weight excluding hydrogens is 268 g/mol. The van der Waals surface area contributed by atoms with E-state index in [0.29, 0.717) is 5.13 Å². The van der Waals surface area contributed by atoms with E-state index < -0.39 is 10.0 Å². The Morgan fingerprint density at radius 1 is 1.17 bits per heavy atom. The van der Waals surface area contributed by atoms with Gasteiger partial charge in [-0.1, -0.05) is 18.2 Å². The molecule has 6 heteroatoms. The zero-order valence-corrected chi connectivity index (χ0v) is 11.2. The highest BCUT2D eigenvalue weighted by molar-refractivity contribution is 7.93. The molecule has 1 aromatic carbocycles. The summed E-state index contributed by atoms with van der Waals surface area (Å²) in [5, 5.41) is 0.476. The van der Waals surface area contributed by atoms with Gasteiger partial charge in [-0.05, 0) is 31.4 Å². The average Bonchev–Trinajstić information content (AvgIpc) is 2.90. The molecule has 0 bridgehead atoms. The van der Waals surface area contributed by atoms with Crippen molar-refractivity contribution < 1.29 is 8.42 Å². The lowest BCUT2D eigenvalue weighted by molar-refractivity contribution is 0.601. The van der Waals surface area contributed by atoms with Crippen LogP contribution in [0.15, 0.2) is 35.2 Å². The van der Waals surface area contributed by atoms with E-state index in [0.717, 1.165) is 25.0 Å². The smallest absolute Gasteiger partial charge is 0.255 e. The largest absolute Gasteiger partial charge is 0.263 e. The molecule has 0 atom stereocenters. The Morgan fingerprint density at radius 3 is 2.67 bits per heavy atom. The summed E-state index contributed by atoms with van der Waals surface area (Å²) in [6, 6.07) is 8.34. The number of fused-ring (bicyclic) bond motifs is 1.